The second-order valence-electron chi connectivity index (χ2n) is 3.54. The van der Waals surface area contributed by atoms with Gasteiger partial charge in [0.2, 0.25) is 5.82 Å². The maximum Gasteiger partial charge on any atom is 0.369 e. The zero-order valence-electron chi connectivity index (χ0n) is 9.51. The predicted octanol–water partition coefficient (Wildman–Crippen LogP) is 1.32. The van der Waals surface area contributed by atoms with Crippen LogP contribution < -0.4 is 10.2 Å². The minimum atomic E-state index is -0.389. The summed E-state index contributed by atoms with van der Waals surface area (Å²) in [5, 5.41) is 14.6. The first-order valence-corrected chi connectivity index (χ1v) is 6.25. The van der Waals surface area contributed by atoms with E-state index in [2.05, 4.69) is 10.3 Å². The van der Waals surface area contributed by atoms with Crippen molar-refractivity contribution >= 4 is 27.3 Å². The summed E-state index contributed by atoms with van der Waals surface area (Å²) in [5.41, 5.74) is 0. The van der Waals surface area contributed by atoms with Crippen molar-refractivity contribution in [3.8, 4) is 0 Å². The molecule has 94 valence electrons. The lowest BCUT2D eigenvalue weighted by molar-refractivity contribution is -0.379. The van der Waals surface area contributed by atoms with Crippen molar-refractivity contribution in [1.82, 2.24) is 4.98 Å². The van der Waals surface area contributed by atoms with E-state index in [0.717, 1.165) is 24.4 Å². The molecular formula is C9H14N4O3S. The lowest BCUT2D eigenvalue weighted by Gasteiger charge is -2.25. The third kappa shape index (κ3) is 2.64. The summed E-state index contributed by atoms with van der Waals surface area (Å²) in [5.74, 6) is 0.365. The van der Waals surface area contributed by atoms with E-state index >= 15 is 0 Å². The zero-order chi connectivity index (χ0) is 12.3. The van der Waals surface area contributed by atoms with Gasteiger partial charge in [-0.2, -0.15) is 4.98 Å². The van der Waals surface area contributed by atoms with Gasteiger partial charge < -0.3 is 15.0 Å². The summed E-state index contributed by atoms with van der Waals surface area (Å²) in [6.45, 7) is 5.25. The average molecular weight is 258 g/mol. The maximum atomic E-state index is 10.9. The number of anilines is 2. The fourth-order valence-corrected chi connectivity index (χ4v) is 2.51. The van der Waals surface area contributed by atoms with Gasteiger partial charge in [-0.1, -0.05) is 0 Å². The molecule has 0 radical (unpaired) electrons. The second kappa shape index (κ2) is 5.28. The molecule has 1 aliphatic heterocycles. The molecule has 2 heterocycles. The van der Waals surface area contributed by atoms with Gasteiger partial charge in [0, 0.05) is 19.6 Å². The Kier molecular flexibility index (Phi) is 3.75. The molecule has 0 aliphatic carbocycles. The Labute approximate surface area is 103 Å². The van der Waals surface area contributed by atoms with Gasteiger partial charge in [0.15, 0.2) is 5.13 Å². The second-order valence-corrected chi connectivity index (χ2v) is 4.49. The first kappa shape index (κ1) is 12.1. The van der Waals surface area contributed by atoms with Gasteiger partial charge >= 0.3 is 5.00 Å². The lowest BCUT2D eigenvalue weighted by Crippen LogP contribution is -2.36. The zero-order valence-corrected chi connectivity index (χ0v) is 10.3. The van der Waals surface area contributed by atoms with Gasteiger partial charge in [-0.05, 0) is 18.3 Å². The summed E-state index contributed by atoms with van der Waals surface area (Å²) in [7, 11) is 0. The molecular weight excluding hydrogens is 244 g/mol. The smallest absolute Gasteiger partial charge is 0.369 e. The molecule has 0 saturated carbocycles. The van der Waals surface area contributed by atoms with E-state index in [4.69, 9.17) is 4.74 Å². The maximum absolute atomic E-state index is 10.9. The fraction of sp³-hybridized carbons (Fsp3) is 0.667. The highest BCUT2D eigenvalue weighted by atomic mass is 32.1. The molecule has 1 saturated heterocycles. The molecule has 0 aromatic carbocycles. The van der Waals surface area contributed by atoms with Crippen LogP contribution in [0.5, 0.6) is 0 Å². The van der Waals surface area contributed by atoms with Crippen LogP contribution in [0, 0.1) is 10.1 Å². The molecule has 0 spiro atoms. The fourth-order valence-electron chi connectivity index (χ4n) is 1.60. The topological polar surface area (TPSA) is 80.5 Å². The number of nitrogens with one attached hydrogen (secondary N) is 1. The van der Waals surface area contributed by atoms with Crippen LogP contribution in [0.2, 0.25) is 0 Å². The number of ether oxygens (including phenoxy) is 1. The molecule has 1 aromatic heterocycles. The van der Waals surface area contributed by atoms with Crippen LogP contribution in [-0.4, -0.2) is 42.8 Å². The Morgan fingerprint density at radius 3 is 2.88 bits per heavy atom. The van der Waals surface area contributed by atoms with E-state index in [1.165, 1.54) is 0 Å². The normalized spacial score (nSPS) is 15.9. The average Bonchev–Trinajstić information content (AvgIpc) is 2.75. The quantitative estimate of drug-likeness (QED) is 0.648. The van der Waals surface area contributed by atoms with E-state index in [1.54, 1.807) is 0 Å². The van der Waals surface area contributed by atoms with Crippen molar-refractivity contribution in [2.45, 2.75) is 6.92 Å². The van der Waals surface area contributed by atoms with Crippen molar-refractivity contribution in [1.29, 1.82) is 0 Å². The molecule has 7 nitrogen and oxygen atoms in total. The minimum Gasteiger partial charge on any atom is -0.378 e. The number of rotatable bonds is 4. The molecule has 0 amide bonds. The molecule has 1 aromatic rings. The molecule has 8 heteroatoms. The number of thiazole rings is 1. The summed E-state index contributed by atoms with van der Waals surface area (Å²) in [6, 6.07) is 0. The van der Waals surface area contributed by atoms with Crippen molar-refractivity contribution < 1.29 is 9.66 Å². The number of morpholine rings is 1. The highest BCUT2D eigenvalue weighted by Gasteiger charge is 2.24. The molecule has 1 fully saturated rings. The molecule has 0 unspecified atom stereocenters. The first-order valence-electron chi connectivity index (χ1n) is 5.44. The van der Waals surface area contributed by atoms with Crippen LogP contribution in [0.3, 0.4) is 0 Å². The third-order valence-electron chi connectivity index (χ3n) is 2.39. The van der Waals surface area contributed by atoms with Crippen molar-refractivity contribution in [3.63, 3.8) is 0 Å². The summed E-state index contributed by atoms with van der Waals surface area (Å²) in [4.78, 5) is 16.8. The Morgan fingerprint density at radius 2 is 2.29 bits per heavy atom. The molecule has 17 heavy (non-hydrogen) atoms. The monoisotopic (exact) mass is 258 g/mol. The highest BCUT2D eigenvalue weighted by molar-refractivity contribution is 7.19. The summed E-state index contributed by atoms with van der Waals surface area (Å²) in [6.07, 6.45) is 0. The molecule has 0 atom stereocenters. The number of nitrogens with zero attached hydrogens (tertiary/aromatic N) is 3. The van der Waals surface area contributed by atoms with Crippen LogP contribution in [0.15, 0.2) is 0 Å². The van der Waals surface area contributed by atoms with Crippen LogP contribution in [0.25, 0.3) is 0 Å². The third-order valence-corrected chi connectivity index (χ3v) is 3.46. The number of hydrogen-bond donors (Lipinski definition) is 1. The van der Waals surface area contributed by atoms with E-state index in [0.29, 0.717) is 30.7 Å². The van der Waals surface area contributed by atoms with Crippen molar-refractivity contribution in [3.05, 3.63) is 10.1 Å². The van der Waals surface area contributed by atoms with E-state index in [-0.39, 0.29) is 9.92 Å². The van der Waals surface area contributed by atoms with Gasteiger partial charge in [0.25, 0.3) is 0 Å². The van der Waals surface area contributed by atoms with Crippen molar-refractivity contribution in [2.75, 3.05) is 43.1 Å². The Hall–Kier alpha value is -1.41. The first-order chi connectivity index (χ1) is 8.22. The van der Waals surface area contributed by atoms with E-state index < -0.39 is 0 Å². The van der Waals surface area contributed by atoms with Crippen LogP contribution in [0.1, 0.15) is 6.92 Å². The van der Waals surface area contributed by atoms with Crippen molar-refractivity contribution in [2.24, 2.45) is 0 Å². The SMILES string of the molecule is CCNc1nc(N2CCOCC2)sc1[N+](=O)[O-]. The largest absolute Gasteiger partial charge is 0.378 e. The van der Waals surface area contributed by atoms with E-state index in [9.17, 15) is 10.1 Å². The van der Waals surface area contributed by atoms with E-state index in [1.807, 2.05) is 11.8 Å². The number of hydrogen-bond acceptors (Lipinski definition) is 7. The number of nitro groups is 1. The molecule has 1 N–H and O–H groups in total. The lowest BCUT2D eigenvalue weighted by atomic mass is 10.5. The Bertz CT molecular complexity index is 403. The summed E-state index contributed by atoms with van der Waals surface area (Å²) < 4.78 is 5.24. The Morgan fingerprint density at radius 1 is 1.59 bits per heavy atom. The Balaban J connectivity index is 2.22. The van der Waals surface area contributed by atoms with Crippen LogP contribution in [0.4, 0.5) is 16.0 Å². The van der Waals surface area contributed by atoms with Gasteiger partial charge in [0.05, 0.1) is 18.1 Å². The van der Waals surface area contributed by atoms with Gasteiger partial charge in [-0.25, -0.2) is 0 Å². The van der Waals surface area contributed by atoms with Gasteiger partial charge in [-0.3, -0.25) is 10.1 Å². The molecule has 0 bridgehead atoms. The highest BCUT2D eigenvalue weighted by Crippen LogP contribution is 2.36. The number of aromatic nitrogens is 1. The molecule has 2 rings (SSSR count). The predicted molar refractivity (Wildman–Crippen MR) is 66.0 cm³/mol. The minimum absolute atomic E-state index is 0.0772. The standard InChI is InChI=1S/C9H14N4O3S/c1-2-10-7-8(13(14)15)17-9(11-7)12-3-5-16-6-4-12/h10H,2-6H2,1H3. The van der Waals surface area contributed by atoms with Crippen LogP contribution >= 0.6 is 11.3 Å². The van der Waals surface area contributed by atoms with Crippen LogP contribution in [-0.2, 0) is 4.74 Å². The van der Waals surface area contributed by atoms with Gasteiger partial charge in [0.1, 0.15) is 0 Å². The molecule has 1 aliphatic rings. The summed E-state index contributed by atoms with van der Waals surface area (Å²) >= 11 is 1.11. The van der Waals surface area contributed by atoms with Gasteiger partial charge in [-0.15, -0.1) is 0 Å².